The summed E-state index contributed by atoms with van der Waals surface area (Å²) in [5.41, 5.74) is 0. The van der Waals surface area contributed by atoms with Crippen LogP contribution in [-0.2, 0) is 4.79 Å². The fraction of sp³-hybridized carbons (Fsp3) is 0.833. The minimum atomic E-state index is -0.862. The fourth-order valence-corrected chi connectivity index (χ4v) is 9.68. The number of amides is 1. The number of carbonyl (C=O) groups is 1. The molecule has 0 heterocycles. The molecule has 0 fully saturated rings. The molecule has 0 spiro atoms. The van der Waals surface area contributed by atoms with Crippen LogP contribution >= 0.6 is 0 Å². The molecule has 2 atom stereocenters. The quantitative estimate of drug-likeness (QED) is 0.0420. The molecule has 0 aromatic carbocycles. The number of hydrogen-bond donors (Lipinski definition) is 3. The molecule has 70 heavy (non-hydrogen) atoms. The number of rotatable bonds is 58. The SMILES string of the molecule is CCCCCCC/C=C\C/C=C\C/C=C\CCCCCCCCCCCCCCCCCCCCCCCCCCC(=O)NC(CO)C(O)/C=C/CC/C=C/CCCCCCCCCCCCCCC. The van der Waals surface area contributed by atoms with Gasteiger partial charge in [-0.3, -0.25) is 4.79 Å². The molecule has 0 bridgehead atoms. The lowest BCUT2D eigenvalue weighted by Crippen LogP contribution is -2.45. The minimum absolute atomic E-state index is 0.0687. The number of aliphatic hydroxyl groups is 2. The summed E-state index contributed by atoms with van der Waals surface area (Å²) in [6, 6.07) is -0.639. The molecule has 410 valence electrons. The summed E-state index contributed by atoms with van der Waals surface area (Å²) in [5.74, 6) is -0.0687. The highest BCUT2D eigenvalue weighted by molar-refractivity contribution is 5.76. The topological polar surface area (TPSA) is 69.6 Å². The number of aliphatic hydroxyl groups excluding tert-OH is 2. The summed E-state index contributed by atoms with van der Waals surface area (Å²) >= 11 is 0. The van der Waals surface area contributed by atoms with Crippen LogP contribution in [0.25, 0.3) is 0 Å². The molecule has 0 aliphatic heterocycles. The summed E-state index contributed by atoms with van der Waals surface area (Å²) in [7, 11) is 0. The molecular formula is C66H123NO3. The number of hydrogen-bond acceptors (Lipinski definition) is 3. The zero-order chi connectivity index (χ0) is 50.6. The van der Waals surface area contributed by atoms with Gasteiger partial charge >= 0.3 is 0 Å². The number of unbranched alkanes of at least 4 members (excludes halogenated alkanes) is 43. The van der Waals surface area contributed by atoms with Gasteiger partial charge < -0.3 is 15.5 Å². The van der Waals surface area contributed by atoms with Crippen molar-refractivity contribution in [1.82, 2.24) is 5.32 Å². The Hall–Kier alpha value is -1.91. The molecular weight excluding hydrogens is 855 g/mol. The molecule has 0 aliphatic rings. The van der Waals surface area contributed by atoms with Gasteiger partial charge in [0.15, 0.2) is 0 Å². The molecule has 0 aromatic heterocycles. The van der Waals surface area contributed by atoms with E-state index in [1.807, 2.05) is 6.08 Å². The van der Waals surface area contributed by atoms with E-state index in [1.54, 1.807) is 6.08 Å². The van der Waals surface area contributed by atoms with E-state index in [-0.39, 0.29) is 12.5 Å². The van der Waals surface area contributed by atoms with Gasteiger partial charge in [0.25, 0.3) is 0 Å². The molecule has 0 rings (SSSR count). The van der Waals surface area contributed by atoms with Crippen molar-refractivity contribution in [2.24, 2.45) is 0 Å². The van der Waals surface area contributed by atoms with Crippen LogP contribution in [0.2, 0.25) is 0 Å². The summed E-state index contributed by atoms with van der Waals surface area (Å²) < 4.78 is 0. The van der Waals surface area contributed by atoms with E-state index in [9.17, 15) is 15.0 Å². The zero-order valence-corrected chi connectivity index (χ0v) is 47.3. The molecule has 0 radical (unpaired) electrons. The molecule has 0 saturated carbocycles. The van der Waals surface area contributed by atoms with E-state index < -0.39 is 12.1 Å². The molecule has 3 N–H and O–H groups in total. The first-order valence-corrected chi connectivity index (χ1v) is 31.5. The molecule has 4 heteroatoms. The average Bonchev–Trinajstić information content (AvgIpc) is 3.36. The second kappa shape index (κ2) is 61.4. The van der Waals surface area contributed by atoms with Gasteiger partial charge in [-0.2, -0.15) is 0 Å². The molecule has 2 unspecified atom stereocenters. The third-order valence-electron chi connectivity index (χ3n) is 14.5. The first-order chi connectivity index (χ1) is 34.7. The number of allylic oxidation sites excluding steroid dienone is 9. The van der Waals surface area contributed by atoms with Crippen molar-refractivity contribution in [2.75, 3.05) is 6.61 Å². The van der Waals surface area contributed by atoms with Crippen LogP contribution in [0.3, 0.4) is 0 Å². The Labute approximate surface area is 438 Å². The maximum Gasteiger partial charge on any atom is 0.220 e. The molecule has 0 aromatic rings. The van der Waals surface area contributed by atoms with Gasteiger partial charge in [-0.15, -0.1) is 0 Å². The van der Waals surface area contributed by atoms with Crippen LogP contribution in [0, 0.1) is 0 Å². The first-order valence-electron chi connectivity index (χ1n) is 31.5. The first kappa shape index (κ1) is 68.1. The Balaban J connectivity index is 3.44. The second-order valence-corrected chi connectivity index (χ2v) is 21.5. The van der Waals surface area contributed by atoms with Crippen molar-refractivity contribution in [3.8, 4) is 0 Å². The summed E-state index contributed by atoms with van der Waals surface area (Å²) in [4.78, 5) is 12.5. The lowest BCUT2D eigenvalue weighted by molar-refractivity contribution is -0.123. The third kappa shape index (κ3) is 57.0. The Morgan fingerprint density at radius 1 is 0.343 bits per heavy atom. The standard InChI is InChI=1S/C66H123NO3/c1-3-5-7-9-11-13-15-17-19-21-23-24-25-26-27-28-29-30-31-32-33-34-35-36-37-38-39-40-41-42-44-46-48-50-52-54-56-58-60-62-66(70)67-64(63-68)65(69)61-59-57-55-53-51-49-47-45-43-22-20-18-16-14-12-10-8-6-4-2/h15,17,21,23,25-26,51,53,59,61,64-65,68-69H,3-14,16,18-20,22,24,27-50,52,54-58,60,62-63H2,1-2H3,(H,67,70)/b17-15-,23-21-,26-25-,53-51+,61-59+. The predicted molar refractivity (Wildman–Crippen MR) is 313 cm³/mol. The maximum atomic E-state index is 12.5. The van der Waals surface area contributed by atoms with Crippen molar-refractivity contribution >= 4 is 5.91 Å². The Morgan fingerprint density at radius 2 is 0.600 bits per heavy atom. The average molecular weight is 979 g/mol. The third-order valence-corrected chi connectivity index (χ3v) is 14.5. The second-order valence-electron chi connectivity index (χ2n) is 21.5. The maximum absolute atomic E-state index is 12.5. The fourth-order valence-electron chi connectivity index (χ4n) is 9.68. The molecule has 4 nitrogen and oxygen atoms in total. The van der Waals surface area contributed by atoms with Crippen LogP contribution in [0.1, 0.15) is 335 Å². The largest absolute Gasteiger partial charge is 0.394 e. The van der Waals surface area contributed by atoms with Gasteiger partial charge in [-0.1, -0.05) is 319 Å². The van der Waals surface area contributed by atoms with Crippen LogP contribution in [0.4, 0.5) is 0 Å². The zero-order valence-electron chi connectivity index (χ0n) is 47.3. The van der Waals surface area contributed by atoms with Gasteiger partial charge in [0.2, 0.25) is 5.91 Å². The van der Waals surface area contributed by atoms with Crippen LogP contribution in [0.5, 0.6) is 0 Å². The Morgan fingerprint density at radius 3 is 0.929 bits per heavy atom. The van der Waals surface area contributed by atoms with Crippen molar-refractivity contribution in [2.45, 2.75) is 347 Å². The lowest BCUT2D eigenvalue weighted by atomic mass is 10.0. The van der Waals surface area contributed by atoms with Gasteiger partial charge in [-0.25, -0.2) is 0 Å². The van der Waals surface area contributed by atoms with E-state index in [4.69, 9.17) is 0 Å². The smallest absolute Gasteiger partial charge is 0.220 e. The minimum Gasteiger partial charge on any atom is -0.394 e. The normalized spacial score (nSPS) is 13.1. The highest BCUT2D eigenvalue weighted by Gasteiger charge is 2.18. The molecule has 0 aliphatic carbocycles. The van der Waals surface area contributed by atoms with Crippen molar-refractivity contribution < 1.29 is 15.0 Å². The Bertz CT molecular complexity index is 1150. The van der Waals surface area contributed by atoms with Crippen molar-refractivity contribution in [3.05, 3.63) is 60.8 Å². The summed E-state index contributed by atoms with van der Waals surface area (Å²) in [6.45, 7) is 4.31. The van der Waals surface area contributed by atoms with Gasteiger partial charge in [0.05, 0.1) is 18.8 Å². The molecule has 0 saturated heterocycles. The van der Waals surface area contributed by atoms with Crippen molar-refractivity contribution in [3.63, 3.8) is 0 Å². The van der Waals surface area contributed by atoms with Crippen LogP contribution < -0.4 is 5.32 Å². The van der Waals surface area contributed by atoms with E-state index >= 15 is 0 Å². The van der Waals surface area contributed by atoms with E-state index in [0.717, 1.165) is 44.9 Å². The lowest BCUT2D eigenvalue weighted by Gasteiger charge is -2.19. The van der Waals surface area contributed by atoms with E-state index in [0.29, 0.717) is 6.42 Å². The summed E-state index contributed by atoms with van der Waals surface area (Å²) in [5, 5.41) is 23.2. The number of carbonyl (C=O) groups excluding carboxylic acids is 1. The van der Waals surface area contributed by atoms with Gasteiger partial charge in [0, 0.05) is 6.42 Å². The summed E-state index contributed by atoms with van der Waals surface area (Å²) in [6.07, 6.45) is 87.1. The van der Waals surface area contributed by atoms with Gasteiger partial charge in [-0.05, 0) is 70.6 Å². The van der Waals surface area contributed by atoms with E-state index in [2.05, 4.69) is 67.8 Å². The van der Waals surface area contributed by atoms with E-state index in [1.165, 1.54) is 270 Å². The van der Waals surface area contributed by atoms with Crippen LogP contribution in [-0.4, -0.2) is 34.9 Å². The number of nitrogens with one attached hydrogen (secondary N) is 1. The Kier molecular flexibility index (Phi) is 59.7. The highest BCUT2D eigenvalue weighted by Crippen LogP contribution is 2.17. The van der Waals surface area contributed by atoms with Gasteiger partial charge in [0.1, 0.15) is 0 Å². The monoisotopic (exact) mass is 978 g/mol. The predicted octanol–water partition coefficient (Wildman–Crippen LogP) is 21.2. The van der Waals surface area contributed by atoms with Crippen molar-refractivity contribution in [1.29, 1.82) is 0 Å². The highest BCUT2D eigenvalue weighted by atomic mass is 16.3. The van der Waals surface area contributed by atoms with Crippen LogP contribution in [0.15, 0.2) is 60.8 Å². The molecule has 1 amide bonds.